The van der Waals surface area contributed by atoms with E-state index in [-0.39, 0.29) is 5.75 Å². The number of nitrogens with one attached hydrogen (secondary N) is 3. The average Bonchev–Trinajstić information content (AvgIpc) is 3.08. The van der Waals surface area contributed by atoms with Gasteiger partial charge in [-0.15, -0.1) is 0 Å². The summed E-state index contributed by atoms with van der Waals surface area (Å²) < 4.78 is 37.2. The Balaban J connectivity index is 1.50. The molecule has 26 heavy (non-hydrogen) atoms. The number of furan rings is 1. The molecule has 0 saturated heterocycles. The number of hydrogen-bond acceptors (Lipinski definition) is 5. The van der Waals surface area contributed by atoms with Crippen LogP contribution in [0.3, 0.4) is 0 Å². The van der Waals surface area contributed by atoms with Crippen LogP contribution in [0.5, 0.6) is 0 Å². The normalized spacial score (nSPS) is 15.7. The van der Waals surface area contributed by atoms with Crippen LogP contribution in [0.1, 0.15) is 31.4 Å². The Morgan fingerprint density at radius 2 is 2.15 bits per heavy atom. The quantitative estimate of drug-likeness (QED) is 0.282. The maximum atomic E-state index is 11.9. The molecule has 1 aliphatic rings. The summed E-state index contributed by atoms with van der Waals surface area (Å²) in [5.74, 6) is 1.95. The highest BCUT2D eigenvalue weighted by Crippen LogP contribution is 2.25. The predicted octanol–water partition coefficient (Wildman–Crippen LogP) is 1.07. The molecule has 1 aliphatic carbocycles. The second kappa shape index (κ2) is 11.2. The number of guanidine groups is 1. The smallest absolute Gasteiger partial charge is 0.213 e. The molecule has 0 atom stereocenters. The van der Waals surface area contributed by atoms with Crippen molar-refractivity contribution in [1.29, 1.82) is 0 Å². The SMILES string of the molecule is CN=C(NCCCOCc1ccco1)NCCS(=O)(=O)NCC1CCC1. The summed E-state index contributed by atoms with van der Waals surface area (Å²) in [6.45, 7) is 2.63. The molecule has 0 unspecified atom stereocenters. The molecular weight excluding hydrogens is 356 g/mol. The highest BCUT2D eigenvalue weighted by Gasteiger charge is 2.19. The number of ether oxygens (including phenoxy) is 1. The van der Waals surface area contributed by atoms with E-state index in [9.17, 15) is 8.42 Å². The lowest BCUT2D eigenvalue weighted by Gasteiger charge is -2.25. The molecule has 148 valence electrons. The van der Waals surface area contributed by atoms with Gasteiger partial charge >= 0.3 is 0 Å². The summed E-state index contributed by atoms with van der Waals surface area (Å²) in [5, 5.41) is 6.16. The minimum atomic E-state index is -3.23. The molecule has 0 amide bonds. The number of rotatable bonds is 12. The highest BCUT2D eigenvalue weighted by molar-refractivity contribution is 7.89. The van der Waals surface area contributed by atoms with Crippen LogP contribution in [-0.4, -0.2) is 53.4 Å². The maximum Gasteiger partial charge on any atom is 0.213 e. The van der Waals surface area contributed by atoms with Gasteiger partial charge in [0.1, 0.15) is 12.4 Å². The monoisotopic (exact) mass is 386 g/mol. The summed E-state index contributed by atoms with van der Waals surface area (Å²) in [6.07, 6.45) is 5.90. The first-order valence-electron chi connectivity index (χ1n) is 9.11. The van der Waals surface area contributed by atoms with Gasteiger partial charge in [0.2, 0.25) is 10.0 Å². The van der Waals surface area contributed by atoms with E-state index >= 15 is 0 Å². The van der Waals surface area contributed by atoms with Gasteiger partial charge < -0.3 is 19.8 Å². The van der Waals surface area contributed by atoms with Crippen LogP contribution in [0.25, 0.3) is 0 Å². The summed E-state index contributed by atoms with van der Waals surface area (Å²) in [6, 6.07) is 3.71. The van der Waals surface area contributed by atoms with Gasteiger partial charge in [0.25, 0.3) is 0 Å². The van der Waals surface area contributed by atoms with Crippen LogP contribution in [0.4, 0.5) is 0 Å². The zero-order chi connectivity index (χ0) is 18.7. The van der Waals surface area contributed by atoms with Crippen LogP contribution < -0.4 is 15.4 Å². The van der Waals surface area contributed by atoms with Crippen molar-refractivity contribution in [3.8, 4) is 0 Å². The van der Waals surface area contributed by atoms with Gasteiger partial charge in [-0.2, -0.15) is 0 Å². The molecule has 0 aromatic carbocycles. The van der Waals surface area contributed by atoms with E-state index in [1.54, 1.807) is 13.3 Å². The van der Waals surface area contributed by atoms with Crippen molar-refractivity contribution < 1.29 is 17.6 Å². The molecule has 1 aromatic rings. The number of nitrogens with zero attached hydrogens (tertiary/aromatic N) is 1. The fraction of sp³-hybridized carbons (Fsp3) is 0.706. The van der Waals surface area contributed by atoms with Crippen LogP contribution in [0, 0.1) is 5.92 Å². The van der Waals surface area contributed by atoms with E-state index in [2.05, 4.69) is 20.3 Å². The molecular formula is C17H30N4O4S. The molecule has 9 heteroatoms. The minimum absolute atomic E-state index is 0.0344. The van der Waals surface area contributed by atoms with Crippen LogP contribution in [0.15, 0.2) is 27.8 Å². The van der Waals surface area contributed by atoms with E-state index in [1.807, 2.05) is 12.1 Å². The van der Waals surface area contributed by atoms with Crippen molar-refractivity contribution in [2.75, 3.05) is 39.0 Å². The van der Waals surface area contributed by atoms with Crippen LogP contribution >= 0.6 is 0 Å². The summed E-state index contributed by atoms with van der Waals surface area (Å²) in [5.41, 5.74) is 0. The van der Waals surface area contributed by atoms with Gasteiger partial charge in [0.15, 0.2) is 5.96 Å². The largest absolute Gasteiger partial charge is 0.467 e. The van der Waals surface area contributed by atoms with Crippen LogP contribution in [-0.2, 0) is 21.4 Å². The van der Waals surface area contributed by atoms with Crippen molar-refractivity contribution in [2.24, 2.45) is 10.9 Å². The van der Waals surface area contributed by atoms with Gasteiger partial charge in [-0.25, -0.2) is 13.1 Å². The summed E-state index contributed by atoms with van der Waals surface area (Å²) in [7, 11) is -1.58. The average molecular weight is 387 g/mol. The third-order valence-corrected chi connectivity index (χ3v) is 5.63. The Bertz CT molecular complexity index is 627. The van der Waals surface area contributed by atoms with Crippen LogP contribution in [0.2, 0.25) is 0 Å². The second-order valence-electron chi connectivity index (χ2n) is 6.38. The van der Waals surface area contributed by atoms with Gasteiger partial charge in [0, 0.05) is 33.3 Å². The van der Waals surface area contributed by atoms with Gasteiger partial charge in [-0.05, 0) is 37.3 Å². The second-order valence-corrected chi connectivity index (χ2v) is 8.30. The molecule has 1 fully saturated rings. The molecule has 1 saturated carbocycles. The van der Waals surface area contributed by atoms with Crippen molar-refractivity contribution in [1.82, 2.24) is 15.4 Å². The zero-order valence-corrected chi connectivity index (χ0v) is 16.2. The topological polar surface area (TPSA) is 105 Å². The molecule has 3 N–H and O–H groups in total. The minimum Gasteiger partial charge on any atom is -0.467 e. The first-order valence-corrected chi connectivity index (χ1v) is 10.8. The number of aliphatic imine (C=N–C) groups is 1. The molecule has 0 bridgehead atoms. The fourth-order valence-electron chi connectivity index (χ4n) is 2.49. The van der Waals surface area contributed by atoms with Gasteiger partial charge in [-0.1, -0.05) is 6.42 Å². The maximum absolute atomic E-state index is 11.9. The van der Waals surface area contributed by atoms with E-state index in [1.165, 1.54) is 6.42 Å². The Labute approximate surface area is 155 Å². The Hall–Kier alpha value is -1.58. The molecule has 2 rings (SSSR count). The molecule has 1 heterocycles. The van der Waals surface area contributed by atoms with Crippen molar-refractivity contribution in [3.63, 3.8) is 0 Å². The third-order valence-electron chi connectivity index (χ3n) is 4.29. The van der Waals surface area contributed by atoms with Crippen molar-refractivity contribution in [2.45, 2.75) is 32.3 Å². The van der Waals surface area contributed by atoms with Gasteiger partial charge in [-0.3, -0.25) is 4.99 Å². The van der Waals surface area contributed by atoms with Crippen molar-refractivity contribution in [3.05, 3.63) is 24.2 Å². The molecule has 8 nitrogen and oxygen atoms in total. The first kappa shape index (κ1) is 20.7. The first-order chi connectivity index (χ1) is 12.6. The molecule has 0 spiro atoms. The summed E-state index contributed by atoms with van der Waals surface area (Å²) in [4.78, 5) is 4.09. The van der Waals surface area contributed by atoms with E-state index in [4.69, 9.17) is 9.15 Å². The lowest BCUT2D eigenvalue weighted by Crippen LogP contribution is -2.42. The highest BCUT2D eigenvalue weighted by atomic mass is 32.2. The Morgan fingerprint density at radius 3 is 2.81 bits per heavy atom. The Morgan fingerprint density at radius 1 is 1.35 bits per heavy atom. The van der Waals surface area contributed by atoms with E-state index < -0.39 is 10.0 Å². The lowest BCUT2D eigenvalue weighted by molar-refractivity contribution is 0.105. The van der Waals surface area contributed by atoms with E-state index in [0.29, 0.717) is 44.7 Å². The standard InChI is InChI=1S/C17H30N4O4S/c1-18-17(19-8-4-10-24-14-16-7-3-11-25-16)20-9-12-26(22,23)21-13-15-5-2-6-15/h3,7,11,15,21H,2,4-6,8-10,12-14H2,1H3,(H2,18,19,20). The predicted molar refractivity (Wildman–Crippen MR) is 101 cm³/mol. The molecule has 0 aliphatic heterocycles. The third kappa shape index (κ3) is 8.20. The summed E-state index contributed by atoms with van der Waals surface area (Å²) >= 11 is 0. The number of hydrogen-bond donors (Lipinski definition) is 3. The molecule has 1 aromatic heterocycles. The number of sulfonamides is 1. The van der Waals surface area contributed by atoms with E-state index in [0.717, 1.165) is 25.0 Å². The Kier molecular flexibility index (Phi) is 8.93. The molecule has 0 radical (unpaired) electrons. The fourth-order valence-corrected chi connectivity index (χ4v) is 3.49. The zero-order valence-electron chi connectivity index (χ0n) is 15.4. The lowest BCUT2D eigenvalue weighted by atomic mass is 9.86. The van der Waals surface area contributed by atoms with Gasteiger partial charge in [0.05, 0.1) is 12.0 Å². The van der Waals surface area contributed by atoms with Crippen molar-refractivity contribution >= 4 is 16.0 Å².